The van der Waals surface area contributed by atoms with Crippen LogP contribution in [0, 0.1) is 0 Å². The van der Waals surface area contributed by atoms with Crippen LogP contribution in [0.4, 0.5) is 0 Å². The van der Waals surface area contributed by atoms with Crippen LogP contribution < -0.4 is 0 Å². The zero-order valence-corrected chi connectivity index (χ0v) is 13.6. The number of carbonyl (C=O) groups excluding carboxylic acids is 2. The molecule has 82 valence electrons. The second-order valence-corrected chi connectivity index (χ2v) is 15.1. The van der Waals surface area contributed by atoms with Crippen molar-refractivity contribution in [1.82, 2.24) is 0 Å². The summed E-state index contributed by atoms with van der Waals surface area (Å²) in [6.45, 7) is 1.60. The van der Waals surface area contributed by atoms with Gasteiger partial charge in [-0.25, -0.2) is 0 Å². The Kier molecular flexibility index (Phi) is 3.93. The van der Waals surface area contributed by atoms with E-state index in [4.69, 9.17) is 11.6 Å². The first-order valence-electron chi connectivity index (χ1n) is 5.03. The fourth-order valence-corrected chi connectivity index (χ4v) is 10.6. The van der Waals surface area contributed by atoms with Crippen LogP contribution in [0.25, 0.3) is 0 Å². The van der Waals surface area contributed by atoms with Crippen LogP contribution in [-0.2, 0) is 4.79 Å². The number of allylic oxidation sites excluding steroid dienone is 1. The van der Waals surface area contributed by atoms with Crippen molar-refractivity contribution >= 4 is 53.7 Å². The molecule has 1 aliphatic rings. The van der Waals surface area contributed by atoms with Crippen LogP contribution in [0.1, 0.15) is 23.0 Å². The molecule has 1 aliphatic heterocycles. The van der Waals surface area contributed by atoms with Gasteiger partial charge in [0.2, 0.25) is 0 Å². The van der Waals surface area contributed by atoms with Gasteiger partial charge in [0.15, 0.2) is 0 Å². The van der Waals surface area contributed by atoms with Crippen LogP contribution in [0.5, 0.6) is 0 Å². The van der Waals surface area contributed by atoms with Crippen molar-refractivity contribution in [2.45, 2.75) is 16.5 Å². The standard InChI is InChI=1S/C9H7ClOS.C2H3O.In/c1-7(4-5-10)9(11)8-3-2-6-12-8;1-2-3;/h1-3,5-6H,4H2;1H3;. The fraction of sp³-hybridized carbons (Fsp3) is 0.273. The van der Waals surface area contributed by atoms with Crippen molar-refractivity contribution in [3.63, 3.8) is 0 Å². The molecule has 0 bridgehead atoms. The second-order valence-electron chi connectivity index (χ2n) is 3.85. The topological polar surface area (TPSA) is 34.1 Å². The summed E-state index contributed by atoms with van der Waals surface area (Å²) in [7, 11) is 0. The molecule has 0 spiro atoms. The van der Waals surface area contributed by atoms with Gasteiger partial charge in [-0.2, -0.15) is 0 Å². The Labute approximate surface area is 111 Å². The van der Waals surface area contributed by atoms with Gasteiger partial charge in [0.05, 0.1) is 0 Å². The molecule has 1 aromatic heterocycles. The number of hydrogen-bond donors (Lipinski definition) is 0. The van der Waals surface area contributed by atoms with E-state index in [1.54, 1.807) is 6.92 Å². The fourth-order valence-electron chi connectivity index (χ4n) is 1.83. The summed E-state index contributed by atoms with van der Waals surface area (Å²) < 4.78 is 2.11. The zero-order chi connectivity index (χ0) is 11.7. The Balaban J connectivity index is 2.21. The van der Waals surface area contributed by atoms with Gasteiger partial charge in [-0.3, -0.25) is 0 Å². The third-order valence-corrected chi connectivity index (χ3v) is 13.3. The van der Waals surface area contributed by atoms with Crippen molar-refractivity contribution in [2.75, 3.05) is 0 Å². The van der Waals surface area contributed by atoms with Crippen molar-refractivity contribution in [3.8, 4) is 0 Å². The van der Waals surface area contributed by atoms with E-state index in [1.165, 1.54) is 11.3 Å². The molecule has 0 fully saturated rings. The molecule has 0 aromatic carbocycles. The zero-order valence-electron chi connectivity index (χ0n) is 8.77. The molecule has 2 rings (SSSR count). The van der Waals surface area contributed by atoms with Gasteiger partial charge < -0.3 is 0 Å². The molecule has 5 heteroatoms. The normalized spacial score (nSPS) is 19.8. The van der Waals surface area contributed by atoms with E-state index in [9.17, 15) is 9.59 Å². The first-order valence-corrected chi connectivity index (χ1v) is 11.8. The molecule has 0 saturated carbocycles. The number of ketones is 1. The Hall–Kier alpha value is -0.0599. The Bertz CT molecular complexity index is 453. The van der Waals surface area contributed by atoms with Gasteiger partial charge in [-0.15, -0.1) is 0 Å². The number of hydrogen-bond acceptors (Lipinski definition) is 3. The Morgan fingerprint density at radius 2 is 2.31 bits per heavy atom. The second kappa shape index (κ2) is 5.07. The first kappa shape index (κ1) is 12.4. The molecule has 2 nitrogen and oxygen atoms in total. The summed E-state index contributed by atoms with van der Waals surface area (Å²) in [4.78, 5) is 24.1. The van der Waals surface area contributed by atoms with Crippen molar-refractivity contribution in [3.05, 3.63) is 31.8 Å². The van der Waals surface area contributed by atoms with E-state index < -0.39 is 21.4 Å². The number of rotatable bonds is 3. The maximum atomic E-state index is 12.0. The molecule has 0 N–H and O–H groups in total. The predicted octanol–water partition coefficient (Wildman–Crippen LogP) is 2.57. The molecular weight excluding hydrogens is 346 g/mol. The van der Waals surface area contributed by atoms with Crippen LogP contribution in [0.3, 0.4) is 0 Å². The minimum absolute atomic E-state index is 0.0566. The quantitative estimate of drug-likeness (QED) is 0.616. The number of thiophene rings is 1. The monoisotopic (exact) mass is 356 g/mol. The third-order valence-electron chi connectivity index (χ3n) is 2.69. The molecule has 0 radical (unpaired) electrons. The summed E-state index contributed by atoms with van der Waals surface area (Å²) in [5.74, 6) is 0.0566. The predicted molar refractivity (Wildman–Crippen MR) is 67.4 cm³/mol. The number of Topliss-reactive ketones (excluding diaryl/α,β-unsaturated/α-hetero) is 1. The van der Waals surface area contributed by atoms with E-state index in [0.717, 1.165) is 10.5 Å². The summed E-state index contributed by atoms with van der Waals surface area (Å²) in [6, 6.07) is 3.67. The average molecular weight is 357 g/mol. The van der Waals surface area contributed by atoms with E-state index >= 15 is 0 Å². The summed E-state index contributed by atoms with van der Waals surface area (Å²) in [5, 5.41) is 1.88. The minimum atomic E-state index is -2.44. The molecule has 2 heterocycles. The van der Waals surface area contributed by atoms with Gasteiger partial charge in [-0.05, 0) is 0 Å². The maximum absolute atomic E-state index is 12.0. The van der Waals surface area contributed by atoms with Crippen molar-refractivity contribution < 1.29 is 9.59 Å². The number of carbonyl (C=O) groups is 2. The molecule has 1 unspecified atom stereocenters. The third kappa shape index (κ3) is 2.44. The molecule has 16 heavy (non-hydrogen) atoms. The van der Waals surface area contributed by atoms with E-state index in [-0.39, 0.29) is 12.5 Å². The number of halogens is 1. The summed E-state index contributed by atoms with van der Waals surface area (Å²) in [5.41, 5.74) is 0.762. The van der Waals surface area contributed by atoms with Crippen LogP contribution in [0.15, 0.2) is 26.9 Å². The molecular formula is C11H10ClInO2S. The van der Waals surface area contributed by atoms with Gasteiger partial charge in [-0.1, -0.05) is 0 Å². The van der Waals surface area contributed by atoms with E-state index in [1.807, 2.05) is 21.3 Å². The molecule has 1 aromatic rings. The Morgan fingerprint density at radius 3 is 2.81 bits per heavy atom. The molecule has 0 amide bonds. The van der Waals surface area contributed by atoms with Crippen LogP contribution in [-0.4, -0.2) is 33.9 Å². The van der Waals surface area contributed by atoms with Gasteiger partial charge in [0.25, 0.3) is 0 Å². The number of alkyl halides is 1. The van der Waals surface area contributed by atoms with Gasteiger partial charge in [0, 0.05) is 0 Å². The van der Waals surface area contributed by atoms with E-state index in [2.05, 4.69) is 0 Å². The first-order chi connectivity index (χ1) is 7.59. The SMILES string of the molecule is C[C](=O)[In]1[CH]=C(C(=O)c2cccs2)C[CH]1Cl. The van der Waals surface area contributed by atoms with Crippen molar-refractivity contribution in [1.29, 1.82) is 0 Å². The van der Waals surface area contributed by atoms with E-state index in [0.29, 0.717) is 6.42 Å². The van der Waals surface area contributed by atoms with Crippen LogP contribution in [0.2, 0.25) is 0 Å². The van der Waals surface area contributed by atoms with Crippen molar-refractivity contribution in [2.24, 2.45) is 0 Å². The van der Waals surface area contributed by atoms with Crippen LogP contribution >= 0.6 is 22.9 Å². The Morgan fingerprint density at radius 1 is 1.56 bits per heavy atom. The molecule has 1 atom stereocenters. The molecule has 0 saturated heterocycles. The molecule has 0 aliphatic carbocycles. The van der Waals surface area contributed by atoms with Gasteiger partial charge >= 0.3 is 112 Å². The van der Waals surface area contributed by atoms with Gasteiger partial charge in [0.1, 0.15) is 0 Å². The average Bonchev–Trinajstić information content (AvgIpc) is 2.84. The summed E-state index contributed by atoms with van der Waals surface area (Å²) in [6.07, 6.45) is 0.582. The summed E-state index contributed by atoms with van der Waals surface area (Å²) >= 11 is 5.14.